The monoisotopic (exact) mass is 278 g/mol. The molecule has 1 rings (SSSR count). The van der Waals surface area contributed by atoms with Crippen LogP contribution >= 0.6 is 0 Å². The number of hydrogen-bond donors (Lipinski definition) is 3. The van der Waals surface area contributed by atoms with E-state index in [1.54, 1.807) is 20.8 Å². The molecular weight excluding hydrogens is 258 g/mol. The Morgan fingerprint density at radius 1 is 1.32 bits per heavy atom. The van der Waals surface area contributed by atoms with Gasteiger partial charge in [0.05, 0.1) is 0 Å². The fourth-order valence-electron chi connectivity index (χ4n) is 1.97. The number of nitrogens with two attached hydrogens (primary N) is 1. The van der Waals surface area contributed by atoms with Gasteiger partial charge in [0.1, 0.15) is 11.6 Å². The zero-order valence-corrected chi connectivity index (χ0v) is 11.3. The molecule has 2 amide bonds. The second-order valence-electron chi connectivity index (χ2n) is 6.13. The highest BCUT2D eigenvalue weighted by molar-refractivity contribution is 5.91. The number of carbonyl (C=O) groups excluding carboxylic acids is 2. The summed E-state index contributed by atoms with van der Waals surface area (Å²) in [5.41, 5.74) is 2.01. The first kappa shape index (κ1) is 15.8. The second kappa shape index (κ2) is 4.70. The highest BCUT2D eigenvalue weighted by atomic mass is 19.3. The maximum atomic E-state index is 13.8. The zero-order chi connectivity index (χ0) is 15.1. The molecule has 1 saturated carbocycles. The maximum absolute atomic E-state index is 13.8. The molecule has 1 atom stereocenters. The Morgan fingerprint density at radius 3 is 2.05 bits per heavy atom. The molecule has 4 N–H and O–H groups in total. The van der Waals surface area contributed by atoms with Crippen molar-refractivity contribution < 1.29 is 23.5 Å². The van der Waals surface area contributed by atoms with Crippen molar-refractivity contribution in [1.82, 2.24) is 5.32 Å². The number of alkyl halides is 2. The molecule has 5 nitrogen and oxygen atoms in total. The zero-order valence-electron chi connectivity index (χ0n) is 11.3. The van der Waals surface area contributed by atoms with Gasteiger partial charge in [0, 0.05) is 0 Å². The summed E-state index contributed by atoms with van der Waals surface area (Å²) in [7, 11) is 0. The van der Waals surface area contributed by atoms with E-state index in [9.17, 15) is 23.5 Å². The number of nitrogens with one attached hydrogen (secondary N) is 1. The molecule has 0 radical (unpaired) electrons. The minimum atomic E-state index is -3.93. The number of primary amides is 1. The van der Waals surface area contributed by atoms with Crippen molar-refractivity contribution in [3.8, 4) is 0 Å². The van der Waals surface area contributed by atoms with Gasteiger partial charge < -0.3 is 16.2 Å². The Labute approximate surface area is 110 Å². The molecule has 110 valence electrons. The molecule has 0 heterocycles. The van der Waals surface area contributed by atoms with E-state index in [0.29, 0.717) is 6.42 Å². The van der Waals surface area contributed by atoms with E-state index in [1.165, 1.54) is 0 Å². The van der Waals surface area contributed by atoms with E-state index in [-0.39, 0.29) is 12.8 Å². The Balaban J connectivity index is 2.86. The predicted octanol–water partition coefficient (Wildman–Crippen LogP) is 0.553. The molecule has 0 unspecified atom stereocenters. The van der Waals surface area contributed by atoms with E-state index in [4.69, 9.17) is 5.73 Å². The van der Waals surface area contributed by atoms with E-state index in [1.807, 2.05) is 5.32 Å². The standard InChI is InChI=1S/C12H20F2N2O3/c1-10(2,3)7(8(15)17)16-9(18)12(13,14)11(19)5-4-6-11/h7,19H,4-6H2,1-3H3,(H2,15,17)(H,16,18)/t7-/m1/s1. The quantitative estimate of drug-likeness (QED) is 0.701. The average Bonchev–Trinajstić information content (AvgIpc) is 2.19. The van der Waals surface area contributed by atoms with Crippen LogP contribution in [0, 0.1) is 5.41 Å². The first-order valence-electron chi connectivity index (χ1n) is 6.12. The highest BCUT2D eigenvalue weighted by Crippen LogP contribution is 2.44. The molecule has 0 aromatic carbocycles. The van der Waals surface area contributed by atoms with Gasteiger partial charge in [0.25, 0.3) is 5.91 Å². The third-order valence-electron chi connectivity index (χ3n) is 3.48. The van der Waals surface area contributed by atoms with Gasteiger partial charge in [-0.3, -0.25) is 9.59 Å². The molecular formula is C12H20F2N2O3. The molecule has 0 aromatic rings. The van der Waals surface area contributed by atoms with Crippen LogP contribution in [0.3, 0.4) is 0 Å². The van der Waals surface area contributed by atoms with Gasteiger partial charge in [-0.05, 0) is 24.7 Å². The average molecular weight is 278 g/mol. The van der Waals surface area contributed by atoms with Crippen LogP contribution in [0.15, 0.2) is 0 Å². The smallest absolute Gasteiger partial charge is 0.352 e. The van der Waals surface area contributed by atoms with Crippen molar-refractivity contribution in [2.45, 2.75) is 57.6 Å². The molecule has 0 bridgehead atoms. The van der Waals surface area contributed by atoms with Crippen molar-refractivity contribution in [3.63, 3.8) is 0 Å². The SMILES string of the molecule is CC(C)(C)[C@H](NC(=O)C(F)(F)C1(O)CCC1)C(N)=O. The number of aliphatic hydroxyl groups is 1. The summed E-state index contributed by atoms with van der Waals surface area (Å²) in [6.07, 6.45) is 0.173. The molecule has 0 saturated heterocycles. The summed E-state index contributed by atoms with van der Waals surface area (Å²) in [6, 6.07) is -1.23. The summed E-state index contributed by atoms with van der Waals surface area (Å²) >= 11 is 0. The van der Waals surface area contributed by atoms with Gasteiger partial charge in [-0.25, -0.2) is 0 Å². The van der Waals surface area contributed by atoms with Crippen molar-refractivity contribution in [3.05, 3.63) is 0 Å². The van der Waals surface area contributed by atoms with Crippen molar-refractivity contribution in [1.29, 1.82) is 0 Å². The number of hydrogen-bond acceptors (Lipinski definition) is 3. The molecule has 0 spiro atoms. The first-order chi connectivity index (χ1) is 8.42. The fraction of sp³-hybridized carbons (Fsp3) is 0.833. The van der Waals surface area contributed by atoms with Crippen molar-refractivity contribution in [2.75, 3.05) is 0 Å². The summed E-state index contributed by atoms with van der Waals surface area (Å²) < 4.78 is 27.7. The summed E-state index contributed by atoms with van der Waals surface area (Å²) in [4.78, 5) is 22.9. The third kappa shape index (κ3) is 2.86. The summed E-state index contributed by atoms with van der Waals surface area (Å²) in [5.74, 6) is -6.48. The Bertz CT molecular complexity index is 387. The van der Waals surface area contributed by atoms with E-state index in [2.05, 4.69) is 0 Å². The van der Waals surface area contributed by atoms with Crippen LogP contribution in [0.5, 0.6) is 0 Å². The summed E-state index contributed by atoms with van der Waals surface area (Å²) in [6.45, 7) is 4.79. The van der Waals surface area contributed by atoms with Gasteiger partial charge in [-0.1, -0.05) is 20.8 Å². The number of halogens is 2. The lowest BCUT2D eigenvalue weighted by molar-refractivity contribution is -0.216. The van der Waals surface area contributed by atoms with Crippen LogP contribution in [0.2, 0.25) is 0 Å². The number of amides is 2. The van der Waals surface area contributed by atoms with Crippen LogP contribution in [-0.4, -0.2) is 34.5 Å². The lowest BCUT2D eigenvalue weighted by Crippen LogP contribution is -2.64. The first-order valence-corrected chi connectivity index (χ1v) is 6.12. The normalized spacial score (nSPS) is 20.3. The lowest BCUT2D eigenvalue weighted by atomic mass is 9.74. The van der Waals surface area contributed by atoms with Crippen molar-refractivity contribution in [2.24, 2.45) is 11.1 Å². The minimum Gasteiger partial charge on any atom is -0.383 e. The van der Waals surface area contributed by atoms with Gasteiger partial charge in [-0.15, -0.1) is 0 Å². The second-order valence-corrected chi connectivity index (χ2v) is 6.13. The molecule has 0 aromatic heterocycles. The molecule has 1 aliphatic carbocycles. The molecule has 0 aliphatic heterocycles. The Kier molecular flexibility index (Phi) is 3.91. The van der Waals surface area contributed by atoms with Crippen molar-refractivity contribution >= 4 is 11.8 Å². The maximum Gasteiger partial charge on any atom is 0.352 e. The molecule has 1 fully saturated rings. The van der Waals surface area contributed by atoms with E-state index in [0.717, 1.165) is 0 Å². The topological polar surface area (TPSA) is 92.4 Å². The summed E-state index contributed by atoms with van der Waals surface area (Å²) in [5, 5.41) is 11.6. The third-order valence-corrected chi connectivity index (χ3v) is 3.48. The molecule has 7 heteroatoms. The molecule has 19 heavy (non-hydrogen) atoms. The van der Waals surface area contributed by atoms with Gasteiger partial charge in [-0.2, -0.15) is 8.78 Å². The Morgan fingerprint density at radius 2 is 1.79 bits per heavy atom. The minimum absolute atomic E-state index is 0.135. The van der Waals surface area contributed by atoms with Gasteiger partial charge >= 0.3 is 5.92 Å². The fourth-order valence-corrected chi connectivity index (χ4v) is 1.97. The van der Waals surface area contributed by atoms with Crippen LogP contribution in [0.1, 0.15) is 40.0 Å². The largest absolute Gasteiger partial charge is 0.383 e. The number of carbonyl (C=O) groups is 2. The Hall–Kier alpha value is -1.24. The van der Waals surface area contributed by atoms with Gasteiger partial charge in [0.2, 0.25) is 5.91 Å². The van der Waals surface area contributed by atoms with Crippen LogP contribution < -0.4 is 11.1 Å². The van der Waals surface area contributed by atoms with E-state index < -0.39 is 34.8 Å². The molecule has 1 aliphatic rings. The van der Waals surface area contributed by atoms with Gasteiger partial charge in [0.15, 0.2) is 0 Å². The lowest BCUT2D eigenvalue weighted by Gasteiger charge is -2.42. The van der Waals surface area contributed by atoms with Crippen LogP contribution in [0.4, 0.5) is 8.78 Å². The van der Waals surface area contributed by atoms with E-state index >= 15 is 0 Å². The van der Waals surface area contributed by atoms with Crippen LogP contribution in [-0.2, 0) is 9.59 Å². The van der Waals surface area contributed by atoms with Crippen LogP contribution in [0.25, 0.3) is 0 Å². The predicted molar refractivity (Wildman–Crippen MR) is 64.3 cm³/mol. The number of rotatable bonds is 4. The highest BCUT2D eigenvalue weighted by Gasteiger charge is 2.61.